The van der Waals surface area contributed by atoms with Crippen LogP contribution in [-0.2, 0) is 9.53 Å². The Morgan fingerprint density at radius 2 is 2.16 bits per heavy atom. The predicted molar refractivity (Wildman–Crippen MR) is 72.0 cm³/mol. The molecule has 0 bridgehead atoms. The van der Waals surface area contributed by atoms with Crippen LogP contribution in [0.5, 0.6) is 0 Å². The van der Waals surface area contributed by atoms with E-state index in [1.165, 1.54) is 4.90 Å². The fraction of sp³-hybridized carbons (Fsp3) is 0.462. The van der Waals surface area contributed by atoms with Crippen LogP contribution < -0.4 is 5.32 Å². The van der Waals surface area contributed by atoms with Crippen molar-refractivity contribution in [1.82, 2.24) is 9.88 Å². The van der Waals surface area contributed by atoms with Crippen molar-refractivity contribution in [3.8, 4) is 0 Å². The molecule has 0 saturated heterocycles. The molecule has 0 aliphatic carbocycles. The van der Waals surface area contributed by atoms with Crippen LogP contribution in [-0.4, -0.2) is 49.0 Å². The summed E-state index contributed by atoms with van der Waals surface area (Å²) in [6, 6.07) is 3.41. The van der Waals surface area contributed by atoms with Crippen LogP contribution in [0.3, 0.4) is 0 Å². The number of nitrogens with zero attached hydrogens (tertiary/aromatic N) is 2. The molecule has 0 fully saturated rings. The summed E-state index contributed by atoms with van der Waals surface area (Å²) in [6.45, 7) is 2.61. The molecule has 1 amide bonds. The van der Waals surface area contributed by atoms with Gasteiger partial charge in [0.05, 0.1) is 13.0 Å². The SMILES string of the molecule is CCOC(=O)CCNc1ccnc(C(=O)N(C)C)c1. The zero-order valence-corrected chi connectivity index (χ0v) is 11.5. The lowest BCUT2D eigenvalue weighted by Gasteiger charge is -2.11. The summed E-state index contributed by atoms with van der Waals surface area (Å²) in [4.78, 5) is 28.4. The largest absolute Gasteiger partial charge is 0.466 e. The van der Waals surface area contributed by atoms with Crippen molar-refractivity contribution < 1.29 is 14.3 Å². The number of esters is 1. The molecule has 0 spiro atoms. The number of nitrogens with one attached hydrogen (secondary N) is 1. The van der Waals surface area contributed by atoms with Gasteiger partial charge in [0.15, 0.2) is 0 Å². The van der Waals surface area contributed by atoms with E-state index in [9.17, 15) is 9.59 Å². The summed E-state index contributed by atoms with van der Waals surface area (Å²) >= 11 is 0. The average Bonchev–Trinajstić information content (AvgIpc) is 2.38. The maximum absolute atomic E-state index is 11.7. The van der Waals surface area contributed by atoms with E-state index in [2.05, 4.69) is 10.3 Å². The van der Waals surface area contributed by atoms with Crippen molar-refractivity contribution in [2.75, 3.05) is 32.6 Å². The number of rotatable bonds is 6. The van der Waals surface area contributed by atoms with Gasteiger partial charge >= 0.3 is 5.97 Å². The Labute approximate surface area is 112 Å². The van der Waals surface area contributed by atoms with Gasteiger partial charge in [0.2, 0.25) is 0 Å². The molecule has 1 aromatic rings. The molecule has 1 aromatic heterocycles. The fourth-order valence-corrected chi connectivity index (χ4v) is 1.43. The van der Waals surface area contributed by atoms with Crippen LogP contribution in [0.15, 0.2) is 18.3 Å². The third-order valence-electron chi connectivity index (χ3n) is 2.35. The van der Waals surface area contributed by atoms with Crippen LogP contribution >= 0.6 is 0 Å². The second kappa shape index (κ2) is 7.35. The van der Waals surface area contributed by atoms with Crippen molar-refractivity contribution in [3.05, 3.63) is 24.0 Å². The van der Waals surface area contributed by atoms with Gasteiger partial charge in [0, 0.05) is 32.5 Å². The number of hydrogen-bond donors (Lipinski definition) is 1. The first-order valence-electron chi connectivity index (χ1n) is 6.11. The second-order valence-electron chi connectivity index (χ2n) is 4.11. The van der Waals surface area contributed by atoms with Crippen molar-refractivity contribution >= 4 is 17.6 Å². The smallest absolute Gasteiger partial charge is 0.307 e. The number of ether oxygens (including phenoxy) is 1. The number of aromatic nitrogens is 1. The van der Waals surface area contributed by atoms with E-state index in [1.807, 2.05) is 0 Å². The Balaban J connectivity index is 2.53. The van der Waals surface area contributed by atoms with E-state index in [1.54, 1.807) is 39.3 Å². The van der Waals surface area contributed by atoms with Crippen molar-refractivity contribution in [2.24, 2.45) is 0 Å². The lowest BCUT2D eigenvalue weighted by Crippen LogP contribution is -2.22. The highest BCUT2D eigenvalue weighted by atomic mass is 16.5. The van der Waals surface area contributed by atoms with Crippen LogP contribution in [0, 0.1) is 0 Å². The van der Waals surface area contributed by atoms with Crippen LogP contribution in [0.2, 0.25) is 0 Å². The quantitative estimate of drug-likeness (QED) is 0.781. The number of anilines is 1. The van der Waals surface area contributed by atoms with Crippen LogP contribution in [0.1, 0.15) is 23.8 Å². The first-order chi connectivity index (χ1) is 9.04. The van der Waals surface area contributed by atoms with E-state index in [0.717, 1.165) is 5.69 Å². The lowest BCUT2D eigenvalue weighted by atomic mass is 10.3. The van der Waals surface area contributed by atoms with Crippen molar-refractivity contribution in [3.63, 3.8) is 0 Å². The highest BCUT2D eigenvalue weighted by Gasteiger charge is 2.09. The molecule has 6 heteroatoms. The second-order valence-corrected chi connectivity index (χ2v) is 4.11. The summed E-state index contributed by atoms with van der Waals surface area (Å²) < 4.78 is 4.82. The molecule has 0 atom stereocenters. The fourth-order valence-electron chi connectivity index (χ4n) is 1.43. The van der Waals surface area contributed by atoms with Crippen LogP contribution in [0.4, 0.5) is 5.69 Å². The highest BCUT2D eigenvalue weighted by Crippen LogP contribution is 2.09. The number of pyridine rings is 1. The number of carbonyl (C=O) groups excluding carboxylic acids is 2. The third kappa shape index (κ3) is 4.95. The molecule has 0 aliphatic rings. The zero-order valence-electron chi connectivity index (χ0n) is 11.5. The lowest BCUT2D eigenvalue weighted by molar-refractivity contribution is -0.142. The van der Waals surface area contributed by atoms with E-state index in [-0.39, 0.29) is 18.3 Å². The topological polar surface area (TPSA) is 71.5 Å². The summed E-state index contributed by atoms with van der Waals surface area (Å²) in [5.74, 6) is -0.400. The molecule has 104 valence electrons. The molecule has 1 N–H and O–H groups in total. The number of hydrogen-bond acceptors (Lipinski definition) is 5. The molecule has 0 radical (unpaired) electrons. The average molecular weight is 265 g/mol. The molecule has 19 heavy (non-hydrogen) atoms. The Kier molecular flexibility index (Phi) is 5.78. The van der Waals surface area contributed by atoms with Gasteiger partial charge in [-0.1, -0.05) is 0 Å². The Hall–Kier alpha value is -2.11. The minimum absolute atomic E-state index is 0.158. The maximum atomic E-state index is 11.7. The molecule has 0 unspecified atom stereocenters. The number of amides is 1. The van der Waals surface area contributed by atoms with E-state index in [4.69, 9.17) is 4.74 Å². The van der Waals surface area contributed by atoms with Gasteiger partial charge in [-0.15, -0.1) is 0 Å². The van der Waals surface area contributed by atoms with Crippen LogP contribution in [0.25, 0.3) is 0 Å². The number of carbonyl (C=O) groups is 2. The zero-order chi connectivity index (χ0) is 14.3. The third-order valence-corrected chi connectivity index (χ3v) is 2.35. The normalized spacial score (nSPS) is 9.84. The molecule has 0 aliphatic heterocycles. The molecule has 1 rings (SSSR count). The molecule has 1 heterocycles. The summed E-state index contributed by atoms with van der Waals surface area (Å²) in [5.41, 5.74) is 1.12. The Morgan fingerprint density at radius 3 is 2.79 bits per heavy atom. The van der Waals surface area contributed by atoms with Crippen molar-refractivity contribution in [2.45, 2.75) is 13.3 Å². The van der Waals surface area contributed by atoms with E-state index < -0.39 is 0 Å². The van der Waals surface area contributed by atoms with Gasteiger partial charge in [-0.2, -0.15) is 0 Å². The minimum Gasteiger partial charge on any atom is -0.466 e. The summed E-state index contributed by atoms with van der Waals surface area (Å²) in [5, 5.41) is 3.06. The van der Waals surface area contributed by atoms with Crippen molar-refractivity contribution in [1.29, 1.82) is 0 Å². The van der Waals surface area contributed by atoms with Gasteiger partial charge in [0.1, 0.15) is 5.69 Å². The van der Waals surface area contributed by atoms with Gasteiger partial charge in [-0.3, -0.25) is 14.6 Å². The predicted octanol–water partition coefficient (Wildman–Crippen LogP) is 1.15. The molecular weight excluding hydrogens is 246 g/mol. The highest BCUT2D eigenvalue weighted by molar-refractivity contribution is 5.92. The van der Waals surface area contributed by atoms with Gasteiger partial charge in [0.25, 0.3) is 5.91 Å². The monoisotopic (exact) mass is 265 g/mol. The Bertz CT molecular complexity index is 447. The molecular formula is C13H19N3O3. The molecule has 0 aromatic carbocycles. The standard InChI is InChI=1S/C13H19N3O3/c1-4-19-12(17)6-8-14-10-5-7-15-11(9-10)13(18)16(2)3/h5,7,9H,4,6,8H2,1-3H3,(H,14,15). The molecule has 0 saturated carbocycles. The van der Waals surface area contributed by atoms with Gasteiger partial charge in [-0.25, -0.2) is 0 Å². The first-order valence-corrected chi connectivity index (χ1v) is 6.11. The van der Waals surface area contributed by atoms with Gasteiger partial charge < -0.3 is 15.0 Å². The van der Waals surface area contributed by atoms with E-state index >= 15 is 0 Å². The minimum atomic E-state index is -0.242. The van der Waals surface area contributed by atoms with E-state index in [0.29, 0.717) is 18.8 Å². The maximum Gasteiger partial charge on any atom is 0.307 e. The first kappa shape index (κ1) is 14.9. The summed E-state index contributed by atoms with van der Waals surface area (Å²) in [6.07, 6.45) is 1.84. The van der Waals surface area contributed by atoms with Gasteiger partial charge in [-0.05, 0) is 19.1 Å². The Morgan fingerprint density at radius 1 is 1.42 bits per heavy atom. The summed E-state index contributed by atoms with van der Waals surface area (Å²) in [7, 11) is 3.34. The molecule has 6 nitrogen and oxygen atoms in total.